The number of carbonyl (C=O) groups excluding carboxylic acids is 1. The molecule has 0 bridgehead atoms. The van der Waals surface area contributed by atoms with Gasteiger partial charge in [0.05, 0.1) is 6.10 Å². The van der Waals surface area contributed by atoms with Crippen LogP contribution in [0.1, 0.15) is 55.8 Å². The van der Waals surface area contributed by atoms with Crippen LogP contribution in [0.4, 0.5) is 0 Å². The molecule has 27 heavy (non-hydrogen) atoms. The molecule has 1 amide bonds. The van der Waals surface area contributed by atoms with Crippen molar-refractivity contribution < 1.29 is 14.1 Å². The van der Waals surface area contributed by atoms with E-state index in [0.29, 0.717) is 17.5 Å². The number of hydrogen-bond donors (Lipinski definition) is 0. The first-order valence-electron chi connectivity index (χ1n) is 9.91. The van der Waals surface area contributed by atoms with Crippen molar-refractivity contribution in [1.82, 2.24) is 15.0 Å². The maximum absolute atomic E-state index is 13.1. The van der Waals surface area contributed by atoms with Gasteiger partial charge >= 0.3 is 0 Å². The predicted molar refractivity (Wildman–Crippen MR) is 101 cm³/mol. The largest absolute Gasteiger partial charge is 0.378 e. The second kappa shape index (κ2) is 7.43. The van der Waals surface area contributed by atoms with Crippen LogP contribution in [-0.4, -0.2) is 46.7 Å². The fraction of sp³-hybridized carbons (Fsp3) is 0.571. The summed E-state index contributed by atoms with van der Waals surface area (Å²) < 4.78 is 10.8. The van der Waals surface area contributed by atoms with Gasteiger partial charge in [-0.2, -0.15) is 4.98 Å². The lowest BCUT2D eigenvalue weighted by atomic mass is 9.54. The molecule has 2 saturated carbocycles. The van der Waals surface area contributed by atoms with Crippen LogP contribution in [-0.2, 0) is 4.74 Å². The first-order chi connectivity index (χ1) is 13.2. The summed E-state index contributed by atoms with van der Waals surface area (Å²) in [6, 6.07) is 7.69. The van der Waals surface area contributed by atoms with E-state index in [1.807, 2.05) is 36.2 Å². The highest BCUT2D eigenvalue weighted by Gasteiger charge is 2.57. The molecule has 6 heteroatoms. The van der Waals surface area contributed by atoms with Gasteiger partial charge in [0.25, 0.3) is 5.91 Å². The van der Waals surface area contributed by atoms with Crippen LogP contribution in [0.5, 0.6) is 0 Å². The Balaban J connectivity index is 1.50. The highest BCUT2D eigenvalue weighted by atomic mass is 16.5. The van der Waals surface area contributed by atoms with Crippen molar-refractivity contribution in [2.75, 3.05) is 13.7 Å². The van der Waals surface area contributed by atoms with Crippen molar-refractivity contribution >= 4 is 5.91 Å². The number of ether oxygens (including phenoxy) is 1. The minimum Gasteiger partial charge on any atom is -0.378 e. The van der Waals surface area contributed by atoms with Crippen molar-refractivity contribution in [3.05, 3.63) is 36.2 Å². The van der Waals surface area contributed by atoms with E-state index in [1.54, 1.807) is 0 Å². The molecule has 1 spiro atoms. The zero-order valence-corrected chi connectivity index (χ0v) is 16.1. The van der Waals surface area contributed by atoms with Crippen LogP contribution in [0.2, 0.25) is 0 Å². The van der Waals surface area contributed by atoms with Gasteiger partial charge in [0, 0.05) is 36.2 Å². The molecule has 1 aromatic heterocycles. The Morgan fingerprint density at radius 2 is 2.00 bits per heavy atom. The summed E-state index contributed by atoms with van der Waals surface area (Å²) >= 11 is 0. The van der Waals surface area contributed by atoms with Gasteiger partial charge < -0.3 is 14.2 Å². The van der Waals surface area contributed by atoms with Crippen LogP contribution >= 0.6 is 0 Å². The maximum atomic E-state index is 13.1. The van der Waals surface area contributed by atoms with Gasteiger partial charge in [-0.3, -0.25) is 4.79 Å². The zero-order chi connectivity index (χ0) is 18.9. The monoisotopic (exact) mass is 369 g/mol. The number of rotatable bonds is 5. The standard InChI is InChI=1S/C21H27N3O3/c1-3-26-18-13-17(21(18)11-5-4-6-12-21)24(2)20(25)16-9-7-15(8-10-16)19-22-14-27-23-19/h7-10,14,17-18H,3-6,11-13H2,1-2H3. The normalized spacial score (nSPS) is 23.8. The molecule has 0 saturated heterocycles. The smallest absolute Gasteiger partial charge is 0.253 e. The van der Waals surface area contributed by atoms with Crippen LogP contribution in [0.15, 0.2) is 35.2 Å². The van der Waals surface area contributed by atoms with Crippen LogP contribution in [0, 0.1) is 5.41 Å². The van der Waals surface area contributed by atoms with E-state index in [0.717, 1.165) is 31.4 Å². The lowest BCUT2D eigenvalue weighted by Gasteiger charge is -2.60. The van der Waals surface area contributed by atoms with Crippen molar-refractivity contribution in [1.29, 1.82) is 0 Å². The molecule has 2 aromatic rings. The van der Waals surface area contributed by atoms with Crippen LogP contribution in [0.3, 0.4) is 0 Å². The molecule has 1 aromatic carbocycles. The van der Waals surface area contributed by atoms with E-state index in [2.05, 4.69) is 17.1 Å². The minimum atomic E-state index is 0.0690. The molecule has 6 nitrogen and oxygen atoms in total. The molecular formula is C21H27N3O3. The van der Waals surface area contributed by atoms with Crippen molar-refractivity contribution in [2.45, 2.75) is 57.6 Å². The Kier molecular flexibility index (Phi) is 5.00. The molecule has 2 fully saturated rings. The van der Waals surface area contributed by atoms with E-state index in [1.165, 1.54) is 25.7 Å². The zero-order valence-electron chi connectivity index (χ0n) is 16.1. The molecule has 1 heterocycles. The van der Waals surface area contributed by atoms with Gasteiger partial charge in [0.1, 0.15) is 0 Å². The van der Waals surface area contributed by atoms with Crippen molar-refractivity contribution in [2.24, 2.45) is 5.41 Å². The SMILES string of the molecule is CCOC1CC(N(C)C(=O)c2ccc(-c3ncon3)cc2)C12CCCCC2. The molecule has 0 radical (unpaired) electrons. The molecule has 2 aliphatic carbocycles. The number of carbonyl (C=O) groups is 1. The average molecular weight is 369 g/mol. The first-order valence-corrected chi connectivity index (χ1v) is 9.91. The molecular weight excluding hydrogens is 342 g/mol. The van der Waals surface area contributed by atoms with Gasteiger partial charge in [-0.15, -0.1) is 0 Å². The second-order valence-electron chi connectivity index (χ2n) is 7.74. The number of benzene rings is 1. The molecule has 4 rings (SSSR count). The number of aromatic nitrogens is 2. The Morgan fingerprint density at radius 3 is 2.63 bits per heavy atom. The van der Waals surface area contributed by atoms with Gasteiger partial charge in [0.2, 0.25) is 12.2 Å². The highest BCUT2D eigenvalue weighted by Crippen LogP contribution is 2.55. The van der Waals surface area contributed by atoms with E-state index in [9.17, 15) is 4.79 Å². The first kappa shape index (κ1) is 18.2. The lowest BCUT2D eigenvalue weighted by Crippen LogP contribution is -2.65. The predicted octanol–water partition coefficient (Wildman–Crippen LogP) is 3.94. The third kappa shape index (κ3) is 3.16. The minimum absolute atomic E-state index is 0.0690. The topological polar surface area (TPSA) is 68.5 Å². The summed E-state index contributed by atoms with van der Waals surface area (Å²) in [5.74, 6) is 0.599. The Bertz CT molecular complexity index is 766. The molecule has 2 unspecified atom stereocenters. The summed E-state index contributed by atoms with van der Waals surface area (Å²) in [7, 11) is 1.94. The van der Waals surface area contributed by atoms with Gasteiger partial charge in [-0.1, -0.05) is 36.6 Å². The van der Waals surface area contributed by atoms with Crippen molar-refractivity contribution in [3.63, 3.8) is 0 Å². The quantitative estimate of drug-likeness (QED) is 0.798. The number of nitrogens with zero attached hydrogens (tertiary/aromatic N) is 3. The maximum Gasteiger partial charge on any atom is 0.253 e. The molecule has 144 valence electrons. The summed E-state index contributed by atoms with van der Waals surface area (Å²) in [6.45, 7) is 2.80. The summed E-state index contributed by atoms with van der Waals surface area (Å²) in [5.41, 5.74) is 1.67. The van der Waals surface area contributed by atoms with Crippen LogP contribution < -0.4 is 0 Å². The number of amides is 1. The Hall–Kier alpha value is -2.21. The molecule has 2 aliphatic rings. The van der Waals surface area contributed by atoms with E-state index >= 15 is 0 Å². The van der Waals surface area contributed by atoms with Crippen molar-refractivity contribution in [3.8, 4) is 11.4 Å². The molecule has 2 atom stereocenters. The third-order valence-corrected chi connectivity index (χ3v) is 6.43. The fourth-order valence-corrected chi connectivity index (χ4v) is 4.98. The number of hydrogen-bond acceptors (Lipinski definition) is 5. The van der Waals surface area contributed by atoms with Gasteiger partial charge in [0.15, 0.2) is 0 Å². The fourth-order valence-electron chi connectivity index (χ4n) is 4.98. The Labute approximate surface area is 159 Å². The summed E-state index contributed by atoms with van der Waals surface area (Å²) in [5, 5.41) is 3.83. The van der Waals surface area contributed by atoms with Crippen LogP contribution in [0.25, 0.3) is 11.4 Å². The van der Waals surface area contributed by atoms with E-state index < -0.39 is 0 Å². The third-order valence-electron chi connectivity index (χ3n) is 6.43. The molecule has 0 N–H and O–H groups in total. The second-order valence-corrected chi connectivity index (χ2v) is 7.74. The highest BCUT2D eigenvalue weighted by molar-refractivity contribution is 5.94. The van der Waals surface area contributed by atoms with Gasteiger partial charge in [-0.05, 0) is 38.3 Å². The van der Waals surface area contributed by atoms with E-state index in [-0.39, 0.29) is 17.4 Å². The molecule has 0 aliphatic heterocycles. The lowest BCUT2D eigenvalue weighted by molar-refractivity contribution is -0.170. The Morgan fingerprint density at radius 1 is 1.26 bits per heavy atom. The van der Waals surface area contributed by atoms with Gasteiger partial charge in [-0.25, -0.2) is 0 Å². The summed E-state index contributed by atoms with van der Waals surface area (Å²) in [6.07, 6.45) is 8.64. The van der Waals surface area contributed by atoms with E-state index in [4.69, 9.17) is 9.26 Å². The average Bonchev–Trinajstić information content (AvgIpc) is 3.25. The summed E-state index contributed by atoms with van der Waals surface area (Å²) in [4.78, 5) is 19.1.